The molecule has 1 atom stereocenters. The Morgan fingerprint density at radius 1 is 1.14 bits per heavy atom. The van der Waals surface area contributed by atoms with Crippen LogP contribution in [-0.2, 0) is 6.54 Å². The van der Waals surface area contributed by atoms with Gasteiger partial charge in [-0.05, 0) is 29.0 Å². The summed E-state index contributed by atoms with van der Waals surface area (Å²) >= 11 is 0. The number of aliphatic hydroxyl groups excluding tert-OH is 1. The normalized spacial score (nSPS) is 12.2. The van der Waals surface area contributed by atoms with Gasteiger partial charge < -0.3 is 9.84 Å². The monoisotopic (exact) mass is 296 g/mol. The van der Waals surface area contributed by atoms with Gasteiger partial charge in [0.25, 0.3) is 0 Å². The van der Waals surface area contributed by atoms with Crippen LogP contribution in [0.4, 0.5) is 0 Å². The molecule has 0 bridgehead atoms. The molecule has 0 aliphatic carbocycles. The fraction of sp³-hybridized carbons (Fsp3) is 0.176. The van der Waals surface area contributed by atoms with Crippen LogP contribution in [0.5, 0.6) is 5.75 Å². The largest absolute Gasteiger partial charge is 0.491 e. The number of rotatable bonds is 5. The lowest BCUT2D eigenvalue weighted by Gasteiger charge is -2.13. The molecule has 1 N–H and O–H groups in total. The number of aliphatic hydroxyl groups is 1. The van der Waals surface area contributed by atoms with Gasteiger partial charge in [0.2, 0.25) is 0 Å². The predicted octanol–water partition coefficient (Wildman–Crippen LogP) is 1.84. The first-order chi connectivity index (χ1) is 10.7. The summed E-state index contributed by atoms with van der Waals surface area (Å²) in [5, 5.41) is 12.2. The zero-order valence-electron chi connectivity index (χ0n) is 11.9. The third-order valence-corrected chi connectivity index (χ3v) is 3.35. The maximum absolute atomic E-state index is 11.5. The third-order valence-electron chi connectivity index (χ3n) is 3.35. The van der Waals surface area contributed by atoms with E-state index < -0.39 is 6.10 Å². The molecule has 0 amide bonds. The molecule has 0 saturated carbocycles. The average Bonchev–Trinajstić information content (AvgIpc) is 2.55. The van der Waals surface area contributed by atoms with E-state index in [4.69, 9.17) is 4.74 Å². The topological polar surface area (TPSA) is 64.4 Å². The van der Waals surface area contributed by atoms with Gasteiger partial charge in [-0.2, -0.15) is 0 Å². The van der Waals surface area contributed by atoms with Crippen molar-refractivity contribution in [2.75, 3.05) is 6.61 Å². The van der Waals surface area contributed by atoms with E-state index in [1.54, 1.807) is 12.3 Å². The second-order valence-corrected chi connectivity index (χ2v) is 5.03. The predicted molar refractivity (Wildman–Crippen MR) is 83.9 cm³/mol. The van der Waals surface area contributed by atoms with Crippen LogP contribution in [0.15, 0.2) is 65.7 Å². The standard InChI is InChI=1S/C17H16N2O3/c20-15(11-19-9-3-8-18-17(19)21)12-22-16-7-6-13-4-1-2-5-14(13)10-16/h1-10,15,20H,11-12H2. The van der Waals surface area contributed by atoms with Crippen LogP contribution in [0.1, 0.15) is 0 Å². The highest BCUT2D eigenvalue weighted by molar-refractivity contribution is 5.83. The molecule has 1 unspecified atom stereocenters. The second-order valence-electron chi connectivity index (χ2n) is 5.03. The molecule has 3 aromatic rings. The van der Waals surface area contributed by atoms with Crippen LogP contribution in [0.3, 0.4) is 0 Å². The van der Waals surface area contributed by atoms with Gasteiger partial charge in [-0.15, -0.1) is 0 Å². The lowest BCUT2D eigenvalue weighted by Crippen LogP contribution is -2.30. The molecule has 22 heavy (non-hydrogen) atoms. The highest BCUT2D eigenvalue weighted by atomic mass is 16.5. The summed E-state index contributed by atoms with van der Waals surface area (Å²) in [5.74, 6) is 0.691. The quantitative estimate of drug-likeness (QED) is 0.780. The van der Waals surface area contributed by atoms with Crippen molar-refractivity contribution in [3.05, 3.63) is 71.4 Å². The maximum Gasteiger partial charge on any atom is 0.347 e. The summed E-state index contributed by atoms with van der Waals surface area (Å²) in [6, 6.07) is 15.4. The van der Waals surface area contributed by atoms with Crippen molar-refractivity contribution in [3.8, 4) is 5.75 Å². The first-order valence-electron chi connectivity index (χ1n) is 7.03. The van der Waals surface area contributed by atoms with Crippen LogP contribution >= 0.6 is 0 Å². The molecule has 0 fully saturated rings. The summed E-state index contributed by atoms with van der Waals surface area (Å²) in [7, 11) is 0. The molecule has 1 heterocycles. The van der Waals surface area contributed by atoms with E-state index in [0.717, 1.165) is 10.8 Å². The molecule has 5 nitrogen and oxygen atoms in total. The van der Waals surface area contributed by atoms with Crippen molar-refractivity contribution in [3.63, 3.8) is 0 Å². The lowest BCUT2D eigenvalue weighted by molar-refractivity contribution is 0.0913. The van der Waals surface area contributed by atoms with Crippen molar-refractivity contribution in [2.24, 2.45) is 0 Å². The Balaban J connectivity index is 1.63. The molecule has 112 valence electrons. The van der Waals surface area contributed by atoms with Gasteiger partial charge in [0.1, 0.15) is 18.5 Å². The van der Waals surface area contributed by atoms with E-state index in [2.05, 4.69) is 4.98 Å². The Morgan fingerprint density at radius 2 is 1.95 bits per heavy atom. The Labute approximate surface area is 127 Å². The average molecular weight is 296 g/mol. The van der Waals surface area contributed by atoms with E-state index in [9.17, 15) is 9.90 Å². The minimum atomic E-state index is -0.784. The molecule has 2 aromatic carbocycles. The van der Waals surface area contributed by atoms with Crippen LogP contribution < -0.4 is 10.4 Å². The number of ether oxygens (including phenoxy) is 1. The summed E-state index contributed by atoms with van der Waals surface area (Å²) < 4.78 is 6.96. The molecule has 0 spiro atoms. The zero-order chi connectivity index (χ0) is 15.4. The van der Waals surface area contributed by atoms with E-state index in [-0.39, 0.29) is 18.8 Å². The van der Waals surface area contributed by atoms with E-state index in [1.807, 2.05) is 42.5 Å². The highest BCUT2D eigenvalue weighted by Crippen LogP contribution is 2.20. The zero-order valence-corrected chi connectivity index (χ0v) is 11.9. The number of nitrogens with zero attached hydrogens (tertiary/aromatic N) is 2. The molecule has 5 heteroatoms. The summed E-state index contributed by atoms with van der Waals surface area (Å²) in [5.41, 5.74) is -0.382. The molecule has 3 rings (SSSR count). The summed E-state index contributed by atoms with van der Waals surface area (Å²) in [6.07, 6.45) is 2.24. The first-order valence-corrected chi connectivity index (χ1v) is 7.03. The number of benzene rings is 2. The minimum absolute atomic E-state index is 0.111. The van der Waals surface area contributed by atoms with E-state index in [0.29, 0.717) is 5.75 Å². The third kappa shape index (κ3) is 3.32. The van der Waals surface area contributed by atoms with E-state index >= 15 is 0 Å². The van der Waals surface area contributed by atoms with Crippen molar-refractivity contribution < 1.29 is 9.84 Å². The molecule has 0 aliphatic heterocycles. The first kappa shape index (κ1) is 14.3. The minimum Gasteiger partial charge on any atom is -0.491 e. The van der Waals surface area contributed by atoms with Gasteiger partial charge in [0, 0.05) is 12.4 Å². The Hall–Kier alpha value is -2.66. The smallest absolute Gasteiger partial charge is 0.347 e. The van der Waals surface area contributed by atoms with Crippen molar-refractivity contribution >= 4 is 10.8 Å². The Kier molecular flexibility index (Phi) is 4.16. The van der Waals surface area contributed by atoms with Gasteiger partial charge in [-0.1, -0.05) is 30.3 Å². The van der Waals surface area contributed by atoms with Gasteiger partial charge >= 0.3 is 5.69 Å². The number of hydrogen-bond donors (Lipinski definition) is 1. The molecule has 0 radical (unpaired) electrons. The number of aromatic nitrogens is 2. The number of fused-ring (bicyclic) bond motifs is 1. The van der Waals surface area contributed by atoms with Gasteiger partial charge in [-0.25, -0.2) is 9.78 Å². The van der Waals surface area contributed by atoms with Crippen LogP contribution in [0.25, 0.3) is 10.8 Å². The second kappa shape index (κ2) is 6.41. The maximum atomic E-state index is 11.5. The summed E-state index contributed by atoms with van der Waals surface area (Å²) in [4.78, 5) is 15.1. The molecule has 0 saturated heterocycles. The molecule has 1 aromatic heterocycles. The van der Waals surface area contributed by atoms with Crippen molar-refractivity contribution in [2.45, 2.75) is 12.6 Å². The van der Waals surface area contributed by atoms with Gasteiger partial charge in [0.05, 0.1) is 6.54 Å². The molecular weight excluding hydrogens is 280 g/mol. The SMILES string of the molecule is O=c1ncccn1CC(O)COc1ccc2ccccc2c1. The van der Waals surface area contributed by atoms with E-state index in [1.165, 1.54) is 10.8 Å². The van der Waals surface area contributed by atoms with Crippen molar-refractivity contribution in [1.29, 1.82) is 0 Å². The number of hydrogen-bond acceptors (Lipinski definition) is 4. The fourth-order valence-electron chi connectivity index (χ4n) is 2.26. The Morgan fingerprint density at radius 3 is 2.77 bits per heavy atom. The molecular formula is C17H16N2O3. The molecule has 0 aliphatic rings. The van der Waals surface area contributed by atoms with Gasteiger partial charge in [-0.3, -0.25) is 4.57 Å². The Bertz CT molecular complexity index is 829. The van der Waals surface area contributed by atoms with Crippen LogP contribution in [0.2, 0.25) is 0 Å². The highest BCUT2D eigenvalue weighted by Gasteiger charge is 2.08. The summed E-state index contributed by atoms with van der Waals surface area (Å²) in [6.45, 7) is 0.264. The van der Waals surface area contributed by atoms with Gasteiger partial charge in [0.15, 0.2) is 0 Å². The fourth-order valence-corrected chi connectivity index (χ4v) is 2.26. The lowest BCUT2D eigenvalue weighted by atomic mass is 10.1. The van der Waals surface area contributed by atoms with Crippen LogP contribution in [0, 0.1) is 0 Å². The van der Waals surface area contributed by atoms with Crippen LogP contribution in [-0.4, -0.2) is 27.4 Å². The van der Waals surface area contributed by atoms with Crippen molar-refractivity contribution in [1.82, 2.24) is 9.55 Å².